The maximum atomic E-state index is 12.3. The normalized spacial score (nSPS) is 20.7. The lowest BCUT2D eigenvalue weighted by Gasteiger charge is -2.45. The summed E-state index contributed by atoms with van der Waals surface area (Å²) in [6.45, 7) is 6.43. The fraction of sp³-hybridized carbons (Fsp3) is 0.346. The number of anilines is 1. The minimum absolute atomic E-state index is 0.00562. The van der Waals surface area contributed by atoms with E-state index >= 15 is 0 Å². The highest BCUT2D eigenvalue weighted by Crippen LogP contribution is 2.41. The number of H-pyrrole nitrogens is 1. The number of nitrogen functional groups attached to an aromatic ring is 1. The minimum Gasteiger partial charge on any atom is -0.402 e. The van der Waals surface area contributed by atoms with Crippen molar-refractivity contribution in [1.29, 1.82) is 0 Å². The van der Waals surface area contributed by atoms with E-state index in [9.17, 15) is 9.90 Å². The van der Waals surface area contributed by atoms with Crippen LogP contribution in [0.3, 0.4) is 0 Å². The SMILES string of the molecule is CC(C)(C)[Si](O[C@H]1C[C@H](n2cnc3c(=O)[nH]c(N)nc32)O[C@@H]1CO)(c1ccccc1)c1ccccc1. The highest BCUT2D eigenvalue weighted by Gasteiger charge is 2.53. The molecule has 36 heavy (non-hydrogen) atoms. The molecule has 4 N–H and O–H groups in total. The lowest BCUT2D eigenvalue weighted by Crippen LogP contribution is -2.68. The molecule has 3 heterocycles. The van der Waals surface area contributed by atoms with Gasteiger partial charge in [0.25, 0.3) is 13.9 Å². The maximum absolute atomic E-state index is 12.3. The second kappa shape index (κ2) is 9.29. The molecular weight excluding hydrogens is 474 g/mol. The van der Waals surface area contributed by atoms with E-state index in [1.807, 2.05) is 36.4 Å². The zero-order chi connectivity index (χ0) is 25.5. The number of aromatic amines is 1. The third kappa shape index (κ3) is 4.05. The van der Waals surface area contributed by atoms with E-state index in [2.05, 4.69) is 60.0 Å². The molecule has 5 rings (SSSR count). The maximum Gasteiger partial charge on any atom is 0.280 e. The highest BCUT2D eigenvalue weighted by atomic mass is 28.4. The smallest absolute Gasteiger partial charge is 0.280 e. The van der Waals surface area contributed by atoms with Crippen LogP contribution in [-0.2, 0) is 9.16 Å². The number of imidazole rings is 1. The lowest BCUT2D eigenvalue weighted by molar-refractivity contribution is -0.0405. The molecule has 0 radical (unpaired) electrons. The summed E-state index contributed by atoms with van der Waals surface area (Å²) in [6.07, 6.45) is 0.493. The molecule has 0 aliphatic carbocycles. The van der Waals surface area contributed by atoms with Crippen molar-refractivity contribution in [3.63, 3.8) is 0 Å². The predicted octanol–water partition coefficient (Wildman–Crippen LogP) is 1.93. The molecule has 0 bridgehead atoms. The Hall–Kier alpha value is -3.31. The third-order valence-corrected chi connectivity index (χ3v) is 11.9. The second-order valence-corrected chi connectivity index (χ2v) is 14.4. The molecular formula is C26H31N5O4Si. The number of ether oxygens (including phenoxy) is 1. The van der Waals surface area contributed by atoms with E-state index in [4.69, 9.17) is 14.9 Å². The summed E-state index contributed by atoms with van der Waals surface area (Å²) in [5.74, 6) is 0.00562. The Balaban J connectivity index is 1.58. The van der Waals surface area contributed by atoms with Crippen LogP contribution in [0.25, 0.3) is 11.2 Å². The fourth-order valence-corrected chi connectivity index (χ4v) is 9.95. The zero-order valence-electron chi connectivity index (χ0n) is 20.6. The number of hydrogen-bond acceptors (Lipinski definition) is 7. The van der Waals surface area contributed by atoms with E-state index < -0.39 is 32.3 Å². The average Bonchev–Trinajstić information content (AvgIpc) is 3.46. The van der Waals surface area contributed by atoms with E-state index in [0.717, 1.165) is 10.4 Å². The number of nitrogens with one attached hydrogen (secondary N) is 1. The summed E-state index contributed by atoms with van der Waals surface area (Å²) in [5.41, 5.74) is 5.90. The van der Waals surface area contributed by atoms with Gasteiger partial charge in [0.2, 0.25) is 5.95 Å². The Morgan fingerprint density at radius 3 is 2.31 bits per heavy atom. The number of aromatic nitrogens is 4. The third-order valence-electron chi connectivity index (χ3n) is 6.87. The summed E-state index contributed by atoms with van der Waals surface area (Å²) < 4.78 is 15.2. The van der Waals surface area contributed by atoms with Crippen molar-refractivity contribution in [2.45, 2.75) is 50.7 Å². The molecule has 0 spiro atoms. The number of aliphatic hydroxyl groups excluding tert-OH is 1. The molecule has 188 valence electrons. The molecule has 1 saturated heterocycles. The predicted molar refractivity (Wildman–Crippen MR) is 141 cm³/mol. The van der Waals surface area contributed by atoms with Gasteiger partial charge in [0.1, 0.15) is 12.3 Å². The number of nitrogens with zero attached hydrogens (tertiary/aromatic N) is 3. The minimum atomic E-state index is -2.87. The van der Waals surface area contributed by atoms with Crippen LogP contribution in [0.1, 0.15) is 33.4 Å². The van der Waals surface area contributed by atoms with Gasteiger partial charge in [-0.15, -0.1) is 0 Å². The van der Waals surface area contributed by atoms with Gasteiger partial charge in [0.15, 0.2) is 11.2 Å². The monoisotopic (exact) mass is 505 g/mol. The van der Waals surface area contributed by atoms with Crippen molar-refractivity contribution in [3.05, 3.63) is 77.3 Å². The molecule has 9 nitrogen and oxygen atoms in total. The van der Waals surface area contributed by atoms with E-state index in [-0.39, 0.29) is 23.1 Å². The first-order valence-corrected chi connectivity index (χ1v) is 13.9. The zero-order valence-corrected chi connectivity index (χ0v) is 21.6. The van der Waals surface area contributed by atoms with E-state index in [0.29, 0.717) is 12.1 Å². The lowest BCUT2D eigenvalue weighted by atomic mass is 10.2. The molecule has 1 aliphatic rings. The van der Waals surface area contributed by atoms with Gasteiger partial charge in [-0.1, -0.05) is 81.4 Å². The Morgan fingerprint density at radius 2 is 1.75 bits per heavy atom. The summed E-state index contributed by atoms with van der Waals surface area (Å²) >= 11 is 0. The van der Waals surface area contributed by atoms with Gasteiger partial charge in [-0.25, -0.2) is 4.98 Å². The molecule has 0 saturated carbocycles. The first kappa shape index (κ1) is 24.4. The molecule has 10 heteroatoms. The van der Waals surface area contributed by atoms with Crippen molar-refractivity contribution in [2.24, 2.45) is 0 Å². The van der Waals surface area contributed by atoms with Gasteiger partial charge in [-0.05, 0) is 15.4 Å². The van der Waals surface area contributed by atoms with Crippen LogP contribution in [-0.4, -0.2) is 51.8 Å². The van der Waals surface area contributed by atoms with E-state index in [1.54, 1.807) is 4.57 Å². The number of nitrogens with two attached hydrogens (primary N) is 1. The largest absolute Gasteiger partial charge is 0.402 e. The summed E-state index contributed by atoms with van der Waals surface area (Å²) in [5, 5.41) is 12.4. The van der Waals surface area contributed by atoms with Crippen LogP contribution in [0.4, 0.5) is 5.95 Å². The summed E-state index contributed by atoms with van der Waals surface area (Å²) in [6, 6.07) is 20.7. The van der Waals surface area contributed by atoms with Crippen LogP contribution in [0, 0.1) is 0 Å². The van der Waals surface area contributed by atoms with Crippen molar-refractivity contribution < 1.29 is 14.3 Å². The van der Waals surface area contributed by atoms with Crippen LogP contribution < -0.4 is 21.7 Å². The Kier molecular flexibility index (Phi) is 6.29. The standard InChI is InChI=1S/C26H31N5O4Si/c1-26(2,3)36(17-10-6-4-7-11-17,18-12-8-5-9-13-18)35-19-14-21(34-20(19)15-32)31-16-28-22-23(31)29-25(27)30-24(22)33/h4-13,16,19-21,32H,14-15H2,1-3H3,(H3,27,29,30,33)/t19-,20+,21+/m0/s1. The molecule has 2 aromatic carbocycles. The van der Waals surface area contributed by atoms with Gasteiger partial charge in [0, 0.05) is 6.42 Å². The molecule has 1 aliphatic heterocycles. The highest BCUT2D eigenvalue weighted by molar-refractivity contribution is 6.99. The van der Waals surface area contributed by atoms with Crippen molar-refractivity contribution in [1.82, 2.24) is 19.5 Å². The van der Waals surface area contributed by atoms with Crippen LogP contribution in [0.2, 0.25) is 5.04 Å². The van der Waals surface area contributed by atoms with E-state index in [1.165, 1.54) is 6.33 Å². The van der Waals surface area contributed by atoms with Crippen LogP contribution in [0.5, 0.6) is 0 Å². The van der Waals surface area contributed by atoms with Gasteiger partial charge in [-0.2, -0.15) is 4.98 Å². The first-order valence-electron chi connectivity index (χ1n) is 12.0. The molecule has 1 fully saturated rings. The van der Waals surface area contributed by atoms with Crippen LogP contribution in [0.15, 0.2) is 71.8 Å². The molecule has 0 unspecified atom stereocenters. The summed E-state index contributed by atoms with van der Waals surface area (Å²) in [4.78, 5) is 23.2. The first-order chi connectivity index (χ1) is 17.2. The fourth-order valence-electron chi connectivity index (χ4n) is 5.23. The van der Waals surface area contributed by atoms with Crippen molar-refractivity contribution >= 4 is 35.8 Å². The van der Waals surface area contributed by atoms with Crippen LogP contribution >= 0.6 is 0 Å². The number of rotatable bonds is 6. The molecule has 4 aromatic rings. The Bertz CT molecular complexity index is 1360. The Labute approximate surface area is 210 Å². The second-order valence-electron chi connectivity index (χ2n) is 10.1. The molecule has 3 atom stereocenters. The van der Waals surface area contributed by atoms with Gasteiger partial charge in [0.05, 0.1) is 19.0 Å². The number of benzene rings is 2. The topological polar surface area (TPSA) is 128 Å². The number of hydrogen-bond donors (Lipinski definition) is 3. The Morgan fingerprint density at radius 1 is 1.14 bits per heavy atom. The number of fused-ring (bicyclic) bond motifs is 1. The van der Waals surface area contributed by atoms with Crippen molar-refractivity contribution in [3.8, 4) is 0 Å². The number of aliphatic hydroxyl groups is 1. The van der Waals surface area contributed by atoms with Crippen molar-refractivity contribution in [2.75, 3.05) is 12.3 Å². The average molecular weight is 506 g/mol. The molecule has 0 amide bonds. The van der Waals surface area contributed by atoms with Gasteiger partial charge in [-0.3, -0.25) is 14.3 Å². The quantitative estimate of drug-likeness (QED) is 0.342. The summed E-state index contributed by atoms with van der Waals surface area (Å²) in [7, 11) is -2.87. The molecule has 2 aromatic heterocycles. The van der Waals surface area contributed by atoms with Gasteiger partial charge < -0.3 is 20.0 Å². The van der Waals surface area contributed by atoms with Gasteiger partial charge >= 0.3 is 0 Å².